The van der Waals surface area contributed by atoms with Crippen molar-refractivity contribution in [2.45, 2.75) is 66.6 Å². The highest BCUT2D eigenvalue weighted by atomic mass is 35.5. The maximum atomic E-state index is 6.37. The van der Waals surface area contributed by atoms with Gasteiger partial charge in [0.15, 0.2) is 0 Å². The van der Waals surface area contributed by atoms with Crippen molar-refractivity contribution < 1.29 is 0 Å². The average molecular weight is 272 g/mol. The molecule has 0 aliphatic rings. The van der Waals surface area contributed by atoms with E-state index >= 15 is 0 Å². The summed E-state index contributed by atoms with van der Waals surface area (Å²) in [4.78, 5) is 0. The Morgan fingerprint density at radius 3 is 2.44 bits per heavy atom. The predicted molar refractivity (Wildman–Crippen MR) is 78.0 cm³/mol. The van der Waals surface area contributed by atoms with Crippen molar-refractivity contribution in [3.05, 3.63) is 16.4 Å². The molecule has 0 aliphatic heterocycles. The largest absolute Gasteiger partial charge is 0.309 e. The van der Waals surface area contributed by atoms with E-state index in [2.05, 4.69) is 45.0 Å². The van der Waals surface area contributed by atoms with Gasteiger partial charge < -0.3 is 5.32 Å². The Balaban J connectivity index is 2.69. The monoisotopic (exact) mass is 271 g/mol. The third kappa shape index (κ3) is 3.99. The summed E-state index contributed by atoms with van der Waals surface area (Å²) in [7, 11) is 0. The van der Waals surface area contributed by atoms with Gasteiger partial charge in [0.2, 0.25) is 0 Å². The number of hydrogen-bond acceptors (Lipinski definition) is 2. The first-order valence-electron chi connectivity index (χ1n) is 6.96. The number of hydrogen-bond donors (Lipinski definition) is 1. The molecule has 104 valence electrons. The van der Waals surface area contributed by atoms with Crippen LogP contribution in [-0.2, 0) is 19.5 Å². The van der Waals surface area contributed by atoms with Gasteiger partial charge in [0, 0.05) is 19.1 Å². The first-order chi connectivity index (χ1) is 8.49. The summed E-state index contributed by atoms with van der Waals surface area (Å²) in [6.45, 7) is 12.6. The first kappa shape index (κ1) is 15.5. The van der Waals surface area contributed by atoms with E-state index in [0.29, 0.717) is 12.0 Å². The molecule has 0 saturated heterocycles. The molecule has 1 aromatic heterocycles. The highest BCUT2D eigenvalue weighted by molar-refractivity contribution is 6.31. The molecule has 0 fully saturated rings. The second-order valence-electron chi connectivity index (χ2n) is 5.29. The van der Waals surface area contributed by atoms with Gasteiger partial charge in [-0.3, -0.25) is 4.68 Å². The van der Waals surface area contributed by atoms with E-state index in [4.69, 9.17) is 11.6 Å². The van der Waals surface area contributed by atoms with Gasteiger partial charge in [-0.1, -0.05) is 32.4 Å². The van der Waals surface area contributed by atoms with Gasteiger partial charge in [0.25, 0.3) is 0 Å². The lowest BCUT2D eigenvalue weighted by Crippen LogP contribution is -2.28. The molecule has 1 aromatic rings. The summed E-state index contributed by atoms with van der Waals surface area (Å²) < 4.78 is 2.01. The van der Waals surface area contributed by atoms with Crippen molar-refractivity contribution >= 4 is 11.6 Å². The minimum absolute atomic E-state index is 0.506. The quantitative estimate of drug-likeness (QED) is 0.821. The van der Waals surface area contributed by atoms with Crippen molar-refractivity contribution in [1.29, 1.82) is 0 Å². The third-order valence-electron chi connectivity index (χ3n) is 3.14. The molecular weight excluding hydrogens is 246 g/mol. The van der Waals surface area contributed by atoms with Gasteiger partial charge in [0.05, 0.1) is 16.4 Å². The summed E-state index contributed by atoms with van der Waals surface area (Å²) in [6, 6.07) is 0.506. The Morgan fingerprint density at radius 2 is 1.94 bits per heavy atom. The molecule has 18 heavy (non-hydrogen) atoms. The SMILES string of the molecule is CCc1nn(CC)c(CNC(C)CC(C)C)c1Cl. The van der Waals surface area contributed by atoms with Crippen molar-refractivity contribution in [3.8, 4) is 0 Å². The van der Waals surface area contributed by atoms with Crippen molar-refractivity contribution in [2.75, 3.05) is 0 Å². The van der Waals surface area contributed by atoms with E-state index in [0.717, 1.165) is 35.9 Å². The fraction of sp³-hybridized carbons (Fsp3) is 0.786. The first-order valence-corrected chi connectivity index (χ1v) is 7.34. The number of aromatic nitrogens is 2. The van der Waals surface area contributed by atoms with Gasteiger partial charge >= 0.3 is 0 Å². The molecule has 0 amide bonds. The highest BCUT2D eigenvalue weighted by Crippen LogP contribution is 2.21. The lowest BCUT2D eigenvalue weighted by atomic mass is 10.1. The van der Waals surface area contributed by atoms with E-state index in [1.807, 2.05) is 4.68 Å². The lowest BCUT2D eigenvalue weighted by Gasteiger charge is -2.16. The standard InChI is InChI=1S/C14H26ClN3/c1-6-12-14(15)13(18(7-2)17-12)9-16-11(5)8-10(3)4/h10-11,16H,6-9H2,1-5H3. The molecule has 0 aromatic carbocycles. The average Bonchev–Trinajstić information content (AvgIpc) is 2.62. The Bertz CT molecular complexity index is 371. The zero-order valence-electron chi connectivity index (χ0n) is 12.3. The van der Waals surface area contributed by atoms with Crippen LogP contribution < -0.4 is 5.32 Å². The number of nitrogens with one attached hydrogen (secondary N) is 1. The highest BCUT2D eigenvalue weighted by Gasteiger charge is 2.14. The van der Waals surface area contributed by atoms with Crippen LogP contribution in [0, 0.1) is 5.92 Å². The maximum absolute atomic E-state index is 6.37. The van der Waals surface area contributed by atoms with Crippen molar-refractivity contribution in [3.63, 3.8) is 0 Å². The smallest absolute Gasteiger partial charge is 0.0863 e. The summed E-state index contributed by atoms with van der Waals surface area (Å²) >= 11 is 6.37. The fourth-order valence-electron chi connectivity index (χ4n) is 2.25. The molecule has 1 N–H and O–H groups in total. The van der Waals surface area contributed by atoms with E-state index < -0.39 is 0 Å². The molecule has 0 spiro atoms. The van der Waals surface area contributed by atoms with Gasteiger partial charge in [0.1, 0.15) is 0 Å². The number of halogens is 1. The van der Waals surface area contributed by atoms with Crippen LogP contribution in [0.1, 0.15) is 52.4 Å². The van der Waals surface area contributed by atoms with Crippen LogP contribution >= 0.6 is 11.6 Å². The summed E-state index contributed by atoms with van der Waals surface area (Å²) in [5, 5.41) is 8.90. The van der Waals surface area contributed by atoms with Gasteiger partial charge in [-0.05, 0) is 32.6 Å². The van der Waals surface area contributed by atoms with Crippen LogP contribution in [0.3, 0.4) is 0 Å². The third-order valence-corrected chi connectivity index (χ3v) is 3.57. The number of nitrogens with zero attached hydrogens (tertiary/aromatic N) is 2. The molecule has 0 saturated carbocycles. The topological polar surface area (TPSA) is 29.9 Å². The fourth-order valence-corrected chi connectivity index (χ4v) is 2.58. The van der Waals surface area contributed by atoms with E-state index in [1.165, 1.54) is 6.42 Å². The maximum Gasteiger partial charge on any atom is 0.0863 e. The zero-order chi connectivity index (χ0) is 13.7. The van der Waals surface area contributed by atoms with Crippen LogP contribution in [0.4, 0.5) is 0 Å². The van der Waals surface area contributed by atoms with Crippen LogP contribution in [0.15, 0.2) is 0 Å². The Morgan fingerprint density at radius 1 is 1.28 bits per heavy atom. The van der Waals surface area contributed by atoms with Crippen LogP contribution in [0.25, 0.3) is 0 Å². The van der Waals surface area contributed by atoms with Crippen LogP contribution in [0.5, 0.6) is 0 Å². The van der Waals surface area contributed by atoms with Crippen molar-refractivity contribution in [1.82, 2.24) is 15.1 Å². The number of aryl methyl sites for hydroxylation is 2. The molecular formula is C14H26ClN3. The number of rotatable bonds is 7. The predicted octanol–water partition coefficient (Wildman–Crippen LogP) is 3.64. The molecule has 4 heteroatoms. The zero-order valence-corrected chi connectivity index (χ0v) is 13.0. The molecule has 0 aliphatic carbocycles. The molecule has 0 bridgehead atoms. The van der Waals surface area contributed by atoms with Gasteiger partial charge in [-0.25, -0.2) is 0 Å². The van der Waals surface area contributed by atoms with Gasteiger partial charge in [-0.15, -0.1) is 0 Å². The molecule has 0 radical (unpaired) electrons. The minimum atomic E-state index is 0.506. The van der Waals surface area contributed by atoms with Crippen LogP contribution in [0.2, 0.25) is 5.02 Å². The molecule has 3 nitrogen and oxygen atoms in total. The Hall–Kier alpha value is -0.540. The molecule has 1 unspecified atom stereocenters. The summed E-state index contributed by atoms with van der Waals surface area (Å²) in [5.74, 6) is 0.713. The molecule has 1 atom stereocenters. The second kappa shape index (κ2) is 7.15. The lowest BCUT2D eigenvalue weighted by molar-refractivity contribution is 0.432. The van der Waals surface area contributed by atoms with E-state index in [9.17, 15) is 0 Å². The van der Waals surface area contributed by atoms with Crippen molar-refractivity contribution in [2.24, 2.45) is 5.92 Å². The summed E-state index contributed by atoms with van der Waals surface area (Å²) in [6.07, 6.45) is 2.07. The van der Waals surface area contributed by atoms with Crippen LogP contribution in [-0.4, -0.2) is 15.8 Å². The Labute approximate surface area is 116 Å². The van der Waals surface area contributed by atoms with E-state index in [-0.39, 0.29) is 0 Å². The minimum Gasteiger partial charge on any atom is -0.309 e. The summed E-state index contributed by atoms with van der Waals surface area (Å²) in [5.41, 5.74) is 2.12. The molecule has 1 heterocycles. The van der Waals surface area contributed by atoms with E-state index in [1.54, 1.807) is 0 Å². The molecule has 1 rings (SSSR count). The Kier molecular flexibility index (Phi) is 6.16. The normalized spacial score (nSPS) is 13.3. The van der Waals surface area contributed by atoms with Gasteiger partial charge in [-0.2, -0.15) is 5.10 Å². The second-order valence-corrected chi connectivity index (χ2v) is 5.67.